The summed E-state index contributed by atoms with van der Waals surface area (Å²) in [5.41, 5.74) is 0. The van der Waals surface area contributed by atoms with E-state index in [1.165, 1.54) is 0 Å². The zero-order valence-electron chi connectivity index (χ0n) is 9.12. The van der Waals surface area contributed by atoms with Gasteiger partial charge in [-0.15, -0.1) is 0 Å². The predicted molar refractivity (Wildman–Crippen MR) is 45.0 cm³/mol. The predicted octanol–water partition coefficient (Wildman–Crippen LogP) is 3.26. The number of alkyl halides is 9. The molecule has 1 aromatic rings. The number of nitrogens with zero attached hydrogens (tertiary/aromatic N) is 1. The number of H-pyrrole nitrogens is 1. The largest absolute Gasteiger partial charge is 0.471 e. The first kappa shape index (κ1) is 16.4. The van der Waals surface area contributed by atoms with Gasteiger partial charge in [-0.05, 0) is 0 Å². The van der Waals surface area contributed by atoms with Crippen LogP contribution in [-0.4, -0.2) is 40.7 Å². The average molecular weight is 316 g/mol. The monoisotopic (exact) mass is 316 g/mol. The Morgan fingerprint density at radius 1 is 0.950 bits per heavy atom. The summed E-state index contributed by atoms with van der Waals surface area (Å²) in [4.78, 5) is 0. The van der Waals surface area contributed by atoms with Gasteiger partial charge in [0.25, 0.3) is 0 Å². The lowest BCUT2D eigenvalue weighted by Crippen LogP contribution is -2.62. The molecule has 0 radical (unpaired) electrons. The highest BCUT2D eigenvalue weighted by Gasteiger charge is 2.81. The van der Waals surface area contributed by atoms with Crippen molar-refractivity contribution in [1.82, 2.24) is 10.2 Å². The molecule has 3 nitrogen and oxygen atoms in total. The zero-order valence-corrected chi connectivity index (χ0v) is 9.12. The summed E-state index contributed by atoms with van der Waals surface area (Å²) in [5, 5.41) is 5.03. The average Bonchev–Trinajstić information content (AvgIpc) is 2.77. The first-order valence-corrected chi connectivity index (χ1v) is 4.65. The molecule has 1 heterocycles. The molecule has 0 amide bonds. The van der Waals surface area contributed by atoms with Crippen LogP contribution in [0.5, 0.6) is 5.88 Å². The summed E-state index contributed by atoms with van der Waals surface area (Å²) in [7, 11) is 0. The van der Waals surface area contributed by atoms with Crippen LogP contribution in [0.4, 0.5) is 39.5 Å². The third-order valence-corrected chi connectivity index (χ3v) is 2.09. The molecule has 12 heteroatoms. The Hall–Kier alpha value is -1.62. The second kappa shape index (κ2) is 4.74. The van der Waals surface area contributed by atoms with Crippen LogP contribution >= 0.6 is 0 Å². The minimum Gasteiger partial charge on any atom is -0.471 e. The number of ether oxygens (including phenoxy) is 1. The van der Waals surface area contributed by atoms with E-state index in [-0.39, 0.29) is 0 Å². The number of nitrogens with one attached hydrogen (secondary N) is 1. The molecule has 0 unspecified atom stereocenters. The molecule has 1 N–H and O–H groups in total. The van der Waals surface area contributed by atoms with Gasteiger partial charge < -0.3 is 4.74 Å². The van der Waals surface area contributed by atoms with Crippen molar-refractivity contribution in [1.29, 1.82) is 0 Å². The van der Waals surface area contributed by atoms with Gasteiger partial charge in [0.2, 0.25) is 5.88 Å². The van der Waals surface area contributed by atoms with Crippen LogP contribution in [0, 0.1) is 0 Å². The van der Waals surface area contributed by atoms with Gasteiger partial charge in [0, 0.05) is 6.07 Å². The Kier molecular flexibility index (Phi) is 3.89. The Balaban J connectivity index is 2.93. The smallest absolute Gasteiger partial charge is 0.460 e. The van der Waals surface area contributed by atoms with Crippen LogP contribution in [0.2, 0.25) is 0 Å². The van der Waals surface area contributed by atoms with Crippen molar-refractivity contribution in [3.05, 3.63) is 12.3 Å². The van der Waals surface area contributed by atoms with Gasteiger partial charge in [0.05, 0.1) is 6.20 Å². The lowest BCUT2D eigenvalue weighted by atomic mass is 10.0. The number of halogens is 9. The fraction of sp³-hybridized carbons (Fsp3) is 0.625. The van der Waals surface area contributed by atoms with E-state index < -0.39 is 36.4 Å². The minimum atomic E-state index is -6.92. The summed E-state index contributed by atoms with van der Waals surface area (Å²) < 4.78 is 116. The lowest BCUT2D eigenvalue weighted by Gasteiger charge is -2.33. The maximum absolute atomic E-state index is 12.9. The standard InChI is InChI=1S/C8H5F9N2O/c9-5(10,3-20-4-1-2-18-19-4)6(11,12)7(13,14)8(15,16)17/h1-2H,3H2,(H,18,19). The molecule has 20 heavy (non-hydrogen) atoms. The van der Waals surface area contributed by atoms with Crippen molar-refractivity contribution in [3.8, 4) is 5.88 Å². The molecule has 1 aromatic heterocycles. The van der Waals surface area contributed by atoms with E-state index in [2.05, 4.69) is 9.84 Å². The normalized spacial score (nSPS) is 14.4. The molecule has 0 atom stereocenters. The van der Waals surface area contributed by atoms with E-state index >= 15 is 0 Å². The maximum atomic E-state index is 12.9. The topological polar surface area (TPSA) is 37.9 Å². The first-order valence-electron chi connectivity index (χ1n) is 4.65. The van der Waals surface area contributed by atoms with Crippen molar-refractivity contribution >= 4 is 0 Å². The molecular weight excluding hydrogens is 311 g/mol. The molecule has 0 aliphatic rings. The van der Waals surface area contributed by atoms with Crippen molar-refractivity contribution in [2.75, 3.05) is 6.61 Å². The van der Waals surface area contributed by atoms with Crippen LogP contribution in [0.1, 0.15) is 0 Å². The molecule has 0 saturated carbocycles. The van der Waals surface area contributed by atoms with E-state index in [0.29, 0.717) is 0 Å². The summed E-state index contributed by atoms with van der Waals surface area (Å²) >= 11 is 0. The molecule has 0 aliphatic heterocycles. The summed E-state index contributed by atoms with van der Waals surface area (Å²) in [6.07, 6.45) is -5.89. The second-order valence-electron chi connectivity index (χ2n) is 3.56. The van der Waals surface area contributed by atoms with E-state index in [4.69, 9.17) is 0 Å². The molecule has 0 aromatic carbocycles. The van der Waals surface area contributed by atoms with Crippen LogP contribution < -0.4 is 4.74 Å². The molecule has 1 rings (SSSR count). The summed E-state index contributed by atoms with van der Waals surface area (Å²) in [6, 6.07) is 0.871. The highest BCUT2D eigenvalue weighted by atomic mass is 19.4. The van der Waals surface area contributed by atoms with Crippen LogP contribution in [-0.2, 0) is 0 Å². The number of aromatic amines is 1. The number of aromatic nitrogens is 2. The SMILES string of the molecule is FC(F)(F)C(F)(F)C(F)(F)C(F)(F)COc1ccn[nH]1. The lowest BCUT2D eigenvalue weighted by molar-refractivity contribution is -0.398. The zero-order chi connectivity index (χ0) is 15.8. The fourth-order valence-electron chi connectivity index (χ4n) is 0.990. The highest BCUT2D eigenvalue weighted by Crippen LogP contribution is 2.52. The molecule has 116 valence electrons. The van der Waals surface area contributed by atoms with Gasteiger partial charge in [-0.2, -0.15) is 44.6 Å². The van der Waals surface area contributed by atoms with Crippen molar-refractivity contribution in [2.24, 2.45) is 0 Å². The van der Waals surface area contributed by atoms with E-state index in [1.807, 2.05) is 5.10 Å². The highest BCUT2D eigenvalue weighted by molar-refractivity contribution is 5.06. The number of hydrogen-bond donors (Lipinski definition) is 1. The molecular formula is C8H5F9N2O. The molecule has 0 fully saturated rings. The fourth-order valence-corrected chi connectivity index (χ4v) is 0.990. The number of hydrogen-bond acceptors (Lipinski definition) is 2. The Morgan fingerprint density at radius 3 is 1.90 bits per heavy atom. The third-order valence-electron chi connectivity index (χ3n) is 2.09. The Bertz CT molecular complexity index is 439. The first-order chi connectivity index (χ1) is 8.83. The van der Waals surface area contributed by atoms with Crippen LogP contribution in [0.15, 0.2) is 12.3 Å². The van der Waals surface area contributed by atoms with Gasteiger partial charge in [-0.1, -0.05) is 0 Å². The molecule has 0 bridgehead atoms. The van der Waals surface area contributed by atoms with Gasteiger partial charge in [0.1, 0.15) is 0 Å². The van der Waals surface area contributed by atoms with Gasteiger partial charge in [0.15, 0.2) is 6.61 Å². The third kappa shape index (κ3) is 2.63. The quantitative estimate of drug-likeness (QED) is 0.847. The summed E-state index contributed by atoms with van der Waals surface area (Å²) in [6.45, 7) is -2.39. The second-order valence-corrected chi connectivity index (χ2v) is 3.56. The van der Waals surface area contributed by atoms with Gasteiger partial charge >= 0.3 is 23.9 Å². The van der Waals surface area contributed by atoms with E-state index in [0.717, 1.165) is 12.3 Å². The number of rotatable bonds is 5. The van der Waals surface area contributed by atoms with Crippen LogP contribution in [0.3, 0.4) is 0 Å². The van der Waals surface area contributed by atoms with Crippen molar-refractivity contribution < 1.29 is 44.3 Å². The van der Waals surface area contributed by atoms with E-state index in [9.17, 15) is 39.5 Å². The van der Waals surface area contributed by atoms with E-state index in [1.54, 1.807) is 0 Å². The van der Waals surface area contributed by atoms with Crippen molar-refractivity contribution in [2.45, 2.75) is 23.9 Å². The Labute approximate surface area is 104 Å². The molecule has 0 saturated heterocycles. The van der Waals surface area contributed by atoms with Crippen LogP contribution in [0.25, 0.3) is 0 Å². The van der Waals surface area contributed by atoms with Gasteiger partial charge in [-0.3, -0.25) is 0 Å². The minimum absolute atomic E-state index is 0.601. The van der Waals surface area contributed by atoms with Crippen molar-refractivity contribution in [3.63, 3.8) is 0 Å². The maximum Gasteiger partial charge on any atom is 0.460 e. The summed E-state index contributed by atoms with van der Waals surface area (Å²) in [5.74, 6) is -20.0. The van der Waals surface area contributed by atoms with Gasteiger partial charge in [-0.25, -0.2) is 5.10 Å². The molecule has 0 aliphatic carbocycles. The Morgan fingerprint density at radius 2 is 1.50 bits per heavy atom. The molecule has 0 spiro atoms.